The van der Waals surface area contributed by atoms with Crippen molar-refractivity contribution in [1.82, 2.24) is 9.88 Å². The third kappa shape index (κ3) is 2.23. The van der Waals surface area contributed by atoms with Gasteiger partial charge in [-0.15, -0.1) is 0 Å². The van der Waals surface area contributed by atoms with Gasteiger partial charge in [0.25, 0.3) is 5.91 Å². The number of nitrogens with zero attached hydrogens (tertiary/aromatic N) is 1. The zero-order valence-corrected chi connectivity index (χ0v) is 12.6. The molecule has 1 aliphatic heterocycles. The van der Waals surface area contributed by atoms with Gasteiger partial charge in [-0.25, -0.2) is 4.39 Å². The van der Waals surface area contributed by atoms with Gasteiger partial charge in [0.1, 0.15) is 11.5 Å². The number of carboxylic acid groups (broad SMARTS) is 1. The van der Waals surface area contributed by atoms with E-state index in [-0.39, 0.29) is 23.2 Å². The van der Waals surface area contributed by atoms with Gasteiger partial charge in [0.05, 0.1) is 10.4 Å². The van der Waals surface area contributed by atoms with Crippen molar-refractivity contribution < 1.29 is 19.1 Å². The Hall–Kier alpha value is -2.08. The maximum Gasteiger partial charge on any atom is 0.311 e. The van der Waals surface area contributed by atoms with E-state index in [1.807, 2.05) is 0 Å². The van der Waals surface area contributed by atoms with Crippen LogP contribution in [0.25, 0.3) is 10.9 Å². The van der Waals surface area contributed by atoms with E-state index in [1.54, 1.807) is 6.92 Å². The molecular weight excluding hydrogens is 311 g/mol. The van der Waals surface area contributed by atoms with E-state index in [2.05, 4.69) is 4.98 Å². The van der Waals surface area contributed by atoms with Crippen LogP contribution in [0.2, 0.25) is 5.02 Å². The first-order valence-corrected chi connectivity index (χ1v) is 7.19. The van der Waals surface area contributed by atoms with Crippen LogP contribution in [-0.4, -0.2) is 40.0 Å². The highest BCUT2D eigenvalue weighted by Gasteiger charge is 2.42. The number of hydrogen-bond acceptors (Lipinski definition) is 2. The Balaban J connectivity index is 1.94. The van der Waals surface area contributed by atoms with Crippen molar-refractivity contribution in [3.63, 3.8) is 0 Å². The second kappa shape index (κ2) is 4.98. The summed E-state index contributed by atoms with van der Waals surface area (Å²) in [7, 11) is 0. The van der Waals surface area contributed by atoms with Crippen LogP contribution >= 0.6 is 11.6 Å². The average molecular weight is 325 g/mol. The number of likely N-dealkylation sites (tertiary alicyclic amines) is 1. The lowest BCUT2D eigenvalue weighted by atomic mass is 9.90. The zero-order valence-electron chi connectivity index (χ0n) is 11.8. The standard InChI is InChI=1S/C15H14ClFN2O3/c1-15(14(21)22)4-5-19(7-15)13(20)12-11(16)9-6-8(17)2-3-10(9)18-12/h2-3,6,18H,4-5,7H2,1H3,(H,21,22). The minimum Gasteiger partial charge on any atom is -0.481 e. The average Bonchev–Trinajstić information content (AvgIpc) is 3.01. The molecule has 1 saturated heterocycles. The number of carbonyl (C=O) groups excluding carboxylic acids is 1. The molecule has 0 aliphatic carbocycles. The Morgan fingerprint density at radius 1 is 1.45 bits per heavy atom. The minimum absolute atomic E-state index is 0.126. The summed E-state index contributed by atoms with van der Waals surface area (Å²) in [6.45, 7) is 2.09. The largest absolute Gasteiger partial charge is 0.481 e. The summed E-state index contributed by atoms with van der Waals surface area (Å²) in [5.41, 5.74) is -0.216. The molecule has 1 aliphatic rings. The highest BCUT2D eigenvalue weighted by molar-refractivity contribution is 6.38. The number of halogens is 2. The maximum atomic E-state index is 13.3. The molecule has 116 valence electrons. The fourth-order valence-electron chi connectivity index (χ4n) is 2.75. The van der Waals surface area contributed by atoms with Gasteiger partial charge in [0, 0.05) is 24.0 Å². The van der Waals surface area contributed by atoms with Gasteiger partial charge in [0.15, 0.2) is 0 Å². The summed E-state index contributed by atoms with van der Waals surface area (Å²) in [5, 5.41) is 9.82. The van der Waals surface area contributed by atoms with Crippen molar-refractivity contribution in [3.8, 4) is 0 Å². The van der Waals surface area contributed by atoms with E-state index in [0.29, 0.717) is 23.9 Å². The van der Waals surface area contributed by atoms with Gasteiger partial charge in [-0.1, -0.05) is 11.6 Å². The topological polar surface area (TPSA) is 73.4 Å². The van der Waals surface area contributed by atoms with Gasteiger partial charge in [0.2, 0.25) is 0 Å². The molecule has 1 fully saturated rings. The Morgan fingerprint density at radius 3 is 2.82 bits per heavy atom. The van der Waals surface area contributed by atoms with Crippen LogP contribution < -0.4 is 0 Å². The van der Waals surface area contributed by atoms with Crippen molar-refractivity contribution in [2.45, 2.75) is 13.3 Å². The molecule has 2 heterocycles. The number of aromatic amines is 1. The van der Waals surface area contributed by atoms with E-state index in [9.17, 15) is 19.1 Å². The fraction of sp³-hybridized carbons (Fsp3) is 0.333. The number of amides is 1. The van der Waals surface area contributed by atoms with Crippen molar-refractivity contribution in [1.29, 1.82) is 0 Å². The molecule has 7 heteroatoms. The molecule has 0 spiro atoms. The second-order valence-corrected chi connectivity index (χ2v) is 6.22. The molecule has 2 aromatic rings. The van der Waals surface area contributed by atoms with Crippen LogP contribution in [0, 0.1) is 11.2 Å². The van der Waals surface area contributed by atoms with Gasteiger partial charge in [-0.2, -0.15) is 0 Å². The number of hydrogen-bond donors (Lipinski definition) is 2. The summed E-state index contributed by atoms with van der Waals surface area (Å²) in [4.78, 5) is 28.2. The smallest absolute Gasteiger partial charge is 0.311 e. The second-order valence-electron chi connectivity index (χ2n) is 5.85. The van der Waals surface area contributed by atoms with Crippen LogP contribution in [0.4, 0.5) is 4.39 Å². The Kier molecular flexibility index (Phi) is 3.36. The van der Waals surface area contributed by atoms with Crippen LogP contribution in [0.5, 0.6) is 0 Å². The molecular formula is C15H14ClFN2O3. The lowest BCUT2D eigenvalue weighted by Gasteiger charge is -2.19. The first-order valence-electron chi connectivity index (χ1n) is 6.81. The summed E-state index contributed by atoms with van der Waals surface area (Å²) in [6.07, 6.45) is 0.389. The number of aromatic nitrogens is 1. The molecule has 5 nitrogen and oxygen atoms in total. The van der Waals surface area contributed by atoms with Crippen molar-refractivity contribution in [3.05, 3.63) is 34.7 Å². The molecule has 1 amide bonds. The number of fused-ring (bicyclic) bond motifs is 1. The zero-order chi connectivity index (χ0) is 16.1. The predicted octanol–water partition coefficient (Wildman–Crippen LogP) is 2.90. The highest BCUT2D eigenvalue weighted by atomic mass is 35.5. The van der Waals surface area contributed by atoms with E-state index < -0.39 is 17.2 Å². The Bertz CT molecular complexity index is 788. The number of carbonyl (C=O) groups is 2. The molecule has 1 unspecified atom stereocenters. The Morgan fingerprint density at radius 2 is 2.18 bits per heavy atom. The van der Waals surface area contributed by atoms with Crippen molar-refractivity contribution in [2.75, 3.05) is 13.1 Å². The van der Waals surface area contributed by atoms with Crippen LogP contribution in [-0.2, 0) is 4.79 Å². The maximum absolute atomic E-state index is 13.3. The summed E-state index contributed by atoms with van der Waals surface area (Å²) in [5.74, 6) is -1.73. The number of benzene rings is 1. The number of rotatable bonds is 2. The van der Waals surface area contributed by atoms with E-state index >= 15 is 0 Å². The molecule has 22 heavy (non-hydrogen) atoms. The molecule has 1 atom stereocenters. The van der Waals surface area contributed by atoms with Crippen molar-refractivity contribution in [2.24, 2.45) is 5.41 Å². The summed E-state index contributed by atoms with van der Waals surface area (Å²) in [6, 6.07) is 4.05. The molecule has 3 rings (SSSR count). The van der Waals surface area contributed by atoms with E-state index in [1.165, 1.54) is 23.1 Å². The van der Waals surface area contributed by atoms with Crippen LogP contribution in [0.1, 0.15) is 23.8 Å². The first-order chi connectivity index (χ1) is 10.3. The third-order valence-electron chi connectivity index (χ3n) is 4.19. The molecule has 1 aromatic heterocycles. The summed E-state index contributed by atoms with van der Waals surface area (Å²) >= 11 is 6.17. The number of nitrogens with one attached hydrogen (secondary N) is 1. The predicted molar refractivity (Wildman–Crippen MR) is 79.5 cm³/mol. The van der Waals surface area contributed by atoms with E-state index in [0.717, 1.165) is 0 Å². The SMILES string of the molecule is CC1(C(=O)O)CCN(C(=O)c2[nH]c3ccc(F)cc3c2Cl)C1. The normalized spacial score (nSPS) is 21.5. The molecule has 2 N–H and O–H groups in total. The van der Waals surface area contributed by atoms with Gasteiger partial charge >= 0.3 is 5.97 Å². The number of H-pyrrole nitrogens is 1. The highest BCUT2D eigenvalue weighted by Crippen LogP contribution is 2.34. The number of aliphatic carboxylic acids is 1. The van der Waals surface area contributed by atoms with Crippen LogP contribution in [0.3, 0.4) is 0 Å². The number of carboxylic acids is 1. The minimum atomic E-state index is -0.944. The van der Waals surface area contributed by atoms with Crippen molar-refractivity contribution >= 4 is 34.4 Å². The third-order valence-corrected chi connectivity index (χ3v) is 4.58. The molecule has 0 bridgehead atoms. The first kappa shape index (κ1) is 14.8. The summed E-state index contributed by atoms with van der Waals surface area (Å²) < 4.78 is 13.3. The Labute approximate surface area is 130 Å². The molecule has 1 aromatic carbocycles. The van der Waals surface area contributed by atoms with Gasteiger partial charge in [-0.05, 0) is 31.5 Å². The monoisotopic (exact) mass is 324 g/mol. The molecule has 0 saturated carbocycles. The lowest BCUT2D eigenvalue weighted by molar-refractivity contribution is -0.147. The fourth-order valence-corrected chi connectivity index (χ4v) is 3.03. The lowest BCUT2D eigenvalue weighted by Crippen LogP contribution is -2.35. The van der Waals surface area contributed by atoms with E-state index in [4.69, 9.17) is 11.6 Å². The van der Waals surface area contributed by atoms with Gasteiger partial charge in [-0.3, -0.25) is 9.59 Å². The van der Waals surface area contributed by atoms with Gasteiger partial charge < -0.3 is 15.0 Å². The van der Waals surface area contributed by atoms with Crippen LogP contribution in [0.15, 0.2) is 18.2 Å². The quantitative estimate of drug-likeness (QED) is 0.892. The molecule has 0 radical (unpaired) electrons.